The quantitative estimate of drug-likeness (QED) is 0.649. The molecule has 3 aromatic rings. The van der Waals surface area contributed by atoms with E-state index in [-0.39, 0.29) is 12.3 Å². The summed E-state index contributed by atoms with van der Waals surface area (Å²) in [5, 5.41) is 12.2. The first kappa shape index (κ1) is 16.1. The van der Waals surface area contributed by atoms with Crippen LogP contribution < -0.4 is 14.2 Å². The molecule has 1 aliphatic rings. The number of aromatic nitrogens is 4. The predicted octanol–water partition coefficient (Wildman–Crippen LogP) is 2.00. The Bertz CT molecular complexity index is 954. The number of carbonyl (C=O) groups excluding carboxylic acids is 1. The molecule has 0 fully saturated rings. The number of Topliss-reactive ketones (excluding diaryl/α,β-unsaturated/α-hetero) is 1. The topological polar surface area (TPSA) is 88.4 Å². The molecule has 2 heterocycles. The molecule has 0 saturated carbocycles. The largest absolute Gasteiger partial charge is 0.497 e. The summed E-state index contributed by atoms with van der Waals surface area (Å²) in [4.78, 5) is 13.8. The number of rotatable bonds is 5. The van der Waals surface area contributed by atoms with Crippen molar-refractivity contribution in [2.45, 2.75) is 6.54 Å². The standard InChI is InChI=1S/C18H16N4O4/c1-24-14-4-2-3-13(9-14)18-19-21-22(20-18)11-15(23)12-5-6-16-17(10-12)26-8-7-25-16/h2-6,9-10H,7-8,11H2,1H3. The lowest BCUT2D eigenvalue weighted by Gasteiger charge is -2.18. The molecule has 2 aromatic carbocycles. The van der Waals surface area contributed by atoms with Crippen LogP contribution in [0.4, 0.5) is 0 Å². The lowest BCUT2D eigenvalue weighted by atomic mass is 10.1. The Labute approximate surface area is 149 Å². The van der Waals surface area contributed by atoms with Crippen LogP contribution in [0.1, 0.15) is 10.4 Å². The van der Waals surface area contributed by atoms with Crippen LogP contribution in [0.25, 0.3) is 11.4 Å². The van der Waals surface area contributed by atoms with Crippen LogP contribution in [0.15, 0.2) is 42.5 Å². The Balaban J connectivity index is 1.51. The number of nitrogens with zero attached hydrogens (tertiary/aromatic N) is 4. The van der Waals surface area contributed by atoms with Gasteiger partial charge in [0.05, 0.1) is 7.11 Å². The highest BCUT2D eigenvalue weighted by atomic mass is 16.6. The Morgan fingerprint density at radius 2 is 2.00 bits per heavy atom. The van der Waals surface area contributed by atoms with E-state index in [4.69, 9.17) is 14.2 Å². The molecule has 0 spiro atoms. The van der Waals surface area contributed by atoms with Crippen LogP contribution in [0.3, 0.4) is 0 Å². The number of ether oxygens (including phenoxy) is 3. The van der Waals surface area contributed by atoms with Gasteiger partial charge in [-0.3, -0.25) is 4.79 Å². The summed E-state index contributed by atoms with van der Waals surface area (Å²) < 4.78 is 16.2. The van der Waals surface area contributed by atoms with Crippen LogP contribution in [0.2, 0.25) is 0 Å². The summed E-state index contributed by atoms with van der Waals surface area (Å²) in [6.45, 7) is 0.964. The van der Waals surface area contributed by atoms with Crippen molar-refractivity contribution in [3.05, 3.63) is 48.0 Å². The molecule has 0 saturated heterocycles. The normalized spacial score (nSPS) is 12.7. The molecule has 0 amide bonds. The van der Waals surface area contributed by atoms with Gasteiger partial charge in [0.15, 0.2) is 17.3 Å². The predicted molar refractivity (Wildman–Crippen MR) is 91.6 cm³/mol. The molecule has 132 valence electrons. The molecular weight excluding hydrogens is 336 g/mol. The van der Waals surface area contributed by atoms with E-state index in [0.717, 1.165) is 5.56 Å². The van der Waals surface area contributed by atoms with Gasteiger partial charge in [0.1, 0.15) is 25.5 Å². The van der Waals surface area contributed by atoms with Crippen molar-refractivity contribution in [1.82, 2.24) is 20.2 Å². The van der Waals surface area contributed by atoms with Crippen LogP contribution in [0.5, 0.6) is 17.2 Å². The van der Waals surface area contributed by atoms with Crippen molar-refractivity contribution in [3.8, 4) is 28.6 Å². The van der Waals surface area contributed by atoms with E-state index < -0.39 is 0 Å². The smallest absolute Gasteiger partial charge is 0.205 e. The van der Waals surface area contributed by atoms with Gasteiger partial charge in [-0.05, 0) is 35.5 Å². The Hall–Kier alpha value is -3.42. The van der Waals surface area contributed by atoms with Crippen molar-refractivity contribution in [1.29, 1.82) is 0 Å². The number of hydrogen-bond donors (Lipinski definition) is 0. The fourth-order valence-corrected chi connectivity index (χ4v) is 2.62. The molecule has 1 aliphatic heterocycles. The molecule has 0 unspecified atom stereocenters. The molecule has 8 nitrogen and oxygen atoms in total. The minimum absolute atomic E-state index is 0.0172. The zero-order valence-corrected chi connectivity index (χ0v) is 14.1. The zero-order chi connectivity index (χ0) is 17.9. The average Bonchev–Trinajstić information content (AvgIpc) is 3.16. The third-order valence-electron chi connectivity index (χ3n) is 3.93. The molecule has 0 atom stereocenters. The maximum Gasteiger partial charge on any atom is 0.205 e. The van der Waals surface area contributed by atoms with E-state index in [9.17, 15) is 4.79 Å². The summed E-state index contributed by atoms with van der Waals surface area (Å²) in [5.74, 6) is 2.21. The van der Waals surface area contributed by atoms with Gasteiger partial charge in [0.25, 0.3) is 0 Å². The zero-order valence-electron chi connectivity index (χ0n) is 14.1. The molecule has 1 aromatic heterocycles. The fourth-order valence-electron chi connectivity index (χ4n) is 2.62. The molecule has 0 bridgehead atoms. The molecule has 4 rings (SSSR count). The number of hydrogen-bond acceptors (Lipinski definition) is 7. The van der Waals surface area contributed by atoms with E-state index in [1.807, 2.05) is 24.3 Å². The number of fused-ring (bicyclic) bond motifs is 1. The van der Waals surface area contributed by atoms with Gasteiger partial charge in [-0.2, -0.15) is 4.80 Å². The average molecular weight is 352 g/mol. The number of ketones is 1. The van der Waals surface area contributed by atoms with Gasteiger partial charge >= 0.3 is 0 Å². The van der Waals surface area contributed by atoms with Crippen molar-refractivity contribution in [2.75, 3.05) is 20.3 Å². The summed E-state index contributed by atoms with van der Waals surface area (Å²) in [7, 11) is 1.59. The minimum atomic E-state index is -0.142. The molecular formula is C18H16N4O4. The monoisotopic (exact) mass is 352 g/mol. The Kier molecular flexibility index (Phi) is 4.22. The third-order valence-corrected chi connectivity index (χ3v) is 3.93. The number of carbonyl (C=O) groups is 1. The van der Waals surface area contributed by atoms with E-state index in [2.05, 4.69) is 15.4 Å². The summed E-state index contributed by atoms with van der Waals surface area (Å²) >= 11 is 0. The van der Waals surface area contributed by atoms with Gasteiger partial charge in [-0.1, -0.05) is 12.1 Å². The van der Waals surface area contributed by atoms with Gasteiger partial charge in [-0.25, -0.2) is 0 Å². The summed E-state index contributed by atoms with van der Waals surface area (Å²) in [5.41, 5.74) is 1.27. The first-order valence-corrected chi connectivity index (χ1v) is 8.08. The second-order valence-corrected chi connectivity index (χ2v) is 5.66. The van der Waals surface area contributed by atoms with Crippen molar-refractivity contribution >= 4 is 5.78 Å². The second-order valence-electron chi connectivity index (χ2n) is 5.66. The minimum Gasteiger partial charge on any atom is -0.497 e. The lowest BCUT2D eigenvalue weighted by molar-refractivity contribution is 0.0960. The Morgan fingerprint density at radius 3 is 2.85 bits per heavy atom. The SMILES string of the molecule is COc1cccc(-c2nnn(CC(=O)c3ccc4c(c3)OCCO4)n2)c1. The Morgan fingerprint density at radius 1 is 1.15 bits per heavy atom. The second kappa shape index (κ2) is 6.83. The van der Waals surface area contributed by atoms with Crippen LogP contribution in [-0.4, -0.2) is 46.3 Å². The van der Waals surface area contributed by atoms with Crippen molar-refractivity contribution in [2.24, 2.45) is 0 Å². The third kappa shape index (κ3) is 3.21. The van der Waals surface area contributed by atoms with Crippen LogP contribution in [-0.2, 0) is 6.54 Å². The van der Waals surface area contributed by atoms with E-state index >= 15 is 0 Å². The van der Waals surface area contributed by atoms with Crippen molar-refractivity contribution in [3.63, 3.8) is 0 Å². The van der Waals surface area contributed by atoms with E-state index in [0.29, 0.717) is 41.9 Å². The first-order chi connectivity index (χ1) is 12.7. The molecule has 0 N–H and O–H groups in total. The van der Waals surface area contributed by atoms with Gasteiger partial charge in [0, 0.05) is 11.1 Å². The molecule has 0 aliphatic carbocycles. The highest BCUT2D eigenvalue weighted by molar-refractivity contribution is 5.96. The maximum atomic E-state index is 12.5. The molecule has 0 radical (unpaired) electrons. The number of benzene rings is 2. The van der Waals surface area contributed by atoms with E-state index in [1.54, 1.807) is 25.3 Å². The highest BCUT2D eigenvalue weighted by Crippen LogP contribution is 2.31. The maximum absolute atomic E-state index is 12.5. The molecule has 8 heteroatoms. The van der Waals surface area contributed by atoms with E-state index in [1.165, 1.54) is 4.80 Å². The molecule has 26 heavy (non-hydrogen) atoms. The van der Waals surface area contributed by atoms with Crippen molar-refractivity contribution < 1.29 is 19.0 Å². The summed E-state index contributed by atoms with van der Waals surface area (Å²) in [6, 6.07) is 12.5. The number of tetrazole rings is 1. The van der Waals surface area contributed by atoms with Gasteiger partial charge < -0.3 is 14.2 Å². The van der Waals surface area contributed by atoms with Crippen LogP contribution in [0, 0.1) is 0 Å². The lowest BCUT2D eigenvalue weighted by Crippen LogP contribution is -2.17. The number of methoxy groups -OCH3 is 1. The highest BCUT2D eigenvalue weighted by Gasteiger charge is 2.16. The van der Waals surface area contributed by atoms with Gasteiger partial charge in [0.2, 0.25) is 5.82 Å². The van der Waals surface area contributed by atoms with Gasteiger partial charge in [-0.15, -0.1) is 10.2 Å². The van der Waals surface area contributed by atoms with Crippen LogP contribution >= 0.6 is 0 Å². The fraction of sp³-hybridized carbons (Fsp3) is 0.222. The first-order valence-electron chi connectivity index (χ1n) is 8.08. The summed E-state index contributed by atoms with van der Waals surface area (Å²) in [6.07, 6.45) is 0.